The van der Waals surface area contributed by atoms with Crippen LogP contribution in [0.3, 0.4) is 0 Å². The first-order valence-electron chi connectivity index (χ1n) is 5.73. The van der Waals surface area contributed by atoms with E-state index in [2.05, 4.69) is 15.9 Å². The van der Waals surface area contributed by atoms with Crippen LogP contribution in [0.25, 0.3) is 0 Å². The van der Waals surface area contributed by atoms with Crippen LogP contribution in [0.4, 0.5) is 0 Å². The molecule has 2 nitrogen and oxygen atoms in total. The van der Waals surface area contributed by atoms with Gasteiger partial charge in [0.15, 0.2) is 0 Å². The molecular formula is C13H17BrO2S. The molecule has 0 aliphatic rings. The maximum atomic E-state index is 11.3. The first-order valence-corrected chi connectivity index (χ1v) is 7.40. The van der Waals surface area contributed by atoms with Gasteiger partial charge in [0.25, 0.3) is 0 Å². The highest BCUT2D eigenvalue weighted by Gasteiger charge is 2.26. The minimum atomic E-state index is -0.716. The molecule has 0 saturated heterocycles. The average Bonchev–Trinajstić information content (AvgIpc) is 2.31. The van der Waals surface area contributed by atoms with Crippen molar-refractivity contribution in [3.63, 3.8) is 0 Å². The number of thioether (sulfide) groups is 1. The lowest BCUT2D eigenvalue weighted by molar-refractivity contribution is -0.137. The van der Waals surface area contributed by atoms with E-state index in [1.54, 1.807) is 0 Å². The Labute approximate surface area is 115 Å². The van der Waals surface area contributed by atoms with Gasteiger partial charge in [-0.05, 0) is 30.2 Å². The van der Waals surface area contributed by atoms with E-state index in [0.717, 1.165) is 22.2 Å². The summed E-state index contributed by atoms with van der Waals surface area (Å²) in [6, 6.07) is 7.78. The van der Waals surface area contributed by atoms with Crippen LogP contribution in [0, 0.1) is 5.92 Å². The number of aliphatic carboxylic acids is 1. The molecule has 0 radical (unpaired) electrons. The molecule has 0 amide bonds. The SMILES string of the molecule is CCC(CC)C(Sc1ccc(Br)cc1)C(=O)O. The van der Waals surface area contributed by atoms with Gasteiger partial charge in [0.05, 0.1) is 0 Å². The zero-order chi connectivity index (χ0) is 12.8. The van der Waals surface area contributed by atoms with Crippen molar-refractivity contribution >= 4 is 33.7 Å². The third-order valence-electron chi connectivity index (χ3n) is 2.80. The number of carboxylic acid groups (broad SMARTS) is 1. The summed E-state index contributed by atoms with van der Waals surface area (Å²) >= 11 is 4.81. The summed E-state index contributed by atoms with van der Waals surface area (Å²) in [5, 5.41) is 8.94. The fraction of sp³-hybridized carbons (Fsp3) is 0.462. The van der Waals surface area contributed by atoms with Crippen molar-refractivity contribution in [1.29, 1.82) is 0 Å². The van der Waals surface area contributed by atoms with E-state index in [1.807, 2.05) is 38.1 Å². The van der Waals surface area contributed by atoms with Crippen molar-refractivity contribution in [1.82, 2.24) is 0 Å². The molecule has 0 spiro atoms. The number of benzene rings is 1. The predicted octanol–water partition coefficient (Wildman–Crippen LogP) is 4.43. The molecule has 0 bridgehead atoms. The Balaban J connectivity index is 2.79. The van der Waals surface area contributed by atoms with Gasteiger partial charge in [-0.3, -0.25) is 4.79 Å². The lowest BCUT2D eigenvalue weighted by Gasteiger charge is -2.20. The fourth-order valence-corrected chi connectivity index (χ4v) is 3.25. The molecule has 17 heavy (non-hydrogen) atoms. The van der Waals surface area contributed by atoms with Crippen LogP contribution in [0.2, 0.25) is 0 Å². The Morgan fingerprint density at radius 3 is 2.24 bits per heavy atom. The van der Waals surface area contributed by atoms with Gasteiger partial charge in [-0.1, -0.05) is 42.6 Å². The Morgan fingerprint density at radius 1 is 1.29 bits per heavy atom. The van der Waals surface area contributed by atoms with Crippen LogP contribution in [0.5, 0.6) is 0 Å². The van der Waals surface area contributed by atoms with Crippen molar-refractivity contribution < 1.29 is 9.90 Å². The summed E-state index contributed by atoms with van der Waals surface area (Å²) in [6.45, 7) is 4.10. The summed E-state index contributed by atoms with van der Waals surface area (Å²) in [6.07, 6.45) is 1.80. The highest BCUT2D eigenvalue weighted by atomic mass is 79.9. The average molecular weight is 317 g/mol. The Morgan fingerprint density at radius 2 is 1.82 bits per heavy atom. The van der Waals surface area contributed by atoms with E-state index in [9.17, 15) is 9.90 Å². The molecule has 0 aliphatic heterocycles. The van der Waals surface area contributed by atoms with Gasteiger partial charge in [-0.15, -0.1) is 11.8 Å². The zero-order valence-electron chi connectivity index (χ0n) is 10.0. The molecular weight excluding hydrogens is 300 g/mol. The summed E-state index contributed by atoms with van der Waals surface area (Å²) in [5.41, 5.74) is 0. The van der Waals surface area contributed by atoms with Crippen LogP contribution in [0.15, 0.2) is 33.6 Å². The van der Waals surface area contributed by atoms with Gasteiger partial charge in [-0.25, -0.2) is 0 Å². The third kappa shape index (κ3) is 4.36. The standard InChI is InChI=1S/C13H17BrO2S/c1-3-9(4-2)12(13(15)16)17-11-7-5-10(14)6-8-11/h5-9,12H,3-4H2,1-2H3,(H,15,16). The first kappa shape index (κ1) is 14.6. The third-order valence-corrected chi connectivity index (χ3v) is 4.71. The smallest absolute Gasteiger partial charge is 0.317 e. The summed E-state index contributed by atoms with van der Waals surface area (Å²) in [4.78, 5) is 12.3. The number of halogens is 1. The molecule has 1 unspecified atom stereocenters. The number of carboxylic acids is 1. The second-order valence-electron chi connectivity index (χ2n) is 3.91. The molecule has 0 aliphatic carbocycles. The number of hydrogen-bond acceptors (Lipinski definition) is 2. The molecule has 1 atom stereocenters. The second-order valence-corrected chi connectivity index (χ2v) is 6.04. The van der Waals surface area contributed by atoms with Crippen molar-refractivity contribution in [2.45, 2.75) is 36.8 Å². The molecule has 1 N–H and O–H groups in total. The Bertz CT molecular complexity index is 360. The molecule has 94 valence electrons. The van der Waals surface area contributed by atoms with Gasteiger partial charge < -0.3 is 5.11 Å². The molecule has 0 aromatic heterocycles. The van der Waals surface area contributed by atoms with E-state index >= 15 is 0 Å². The van der Waals surface area contributed by atoms with E-state index in [-0.39, 0.29) is 11.2 Å². The zero-order valence-corrected chi connectivity index (χ0v) is 12.4. The quantitative estimate of drug-likeness (QED) is 0.789. The second kappa shape index (κ2) is 7.07. The highest BCUT2D eigenvalue weighted by molar-refractivity contribution is 9.10. The predicted molar refractivity (Wildman–Crippen MR) is 75.5 cm³/mol. The number of hydrogen-bond donors (Lipinski definition) is 1. The maximum Gasteiger partial charge on any atom is 0.317 e. The lowest BCUT2D eigenvalue weighted by Crippen LogP contribution is -2.25. The summed E-state index contributed by atoms with van der Waals surface area (Å²) < 4.78 is 1.01. The van der Waals surface area contributed by atoms with E-state index in [1.165, 1.54) is 11.8 Å². The van der Waals surface area contributed by atoms with Gasteiger partial charge >= 0.3 is 5.97 Å². The maximum absolute atomic E-state index is 11.3. The number of carbonyl (C=O) groups is 1. The monoisotopic (exact) mass is 316 g/mol. The van der Waals surface area contributed by atoms with Crippen LogP contribution in [-0.2, 0) is 4.79 Å². The highest BCUT2D eigenvalue weighted by Crippen LogP contribution is 2.32. The summed E-state index contributed by atoms with van der Waals surface area (Å²) in [7, 11) is 0. The topological polar surface area (TPSA) is 37.3 Å². The molecule has 0 heterocycles. The van der Waals surface area contributed by atoms with E-state index in [4.69, 9.17) is 0 Å². The summed E-state index contributed by atoms with van der Waals surface area (Å²) in [5.74, 6) is -0.493. The van der Waals surface area contributed by atoms with E-state index in [0.29, 0.717) is 0 Å². The van der Waals surface area contributed by atoms with Crippen molar-refractivity contribution in [3.05, 3.63) is 28.7 Å². The fourth-order valence-electron chi connectivity index (χ4n) is 1.72. The molecule has 4 heteroatoms. The van der Waals surface area contributed by atoms with Crippen molar-refractivity contribution in [3.8, 4) is 0 Å². The first-order chi connectivity index (χ1) is 8.08. The minimum Gasteiger partial charge on any atom is -0.480 e. The normalized spacial score (nSPS) is 12.7. The van der Waals surface area contributed by atoms with Crippen molar-refractivity contribution in [2.24, 2.45) is 5.92 Å². The van der Waals surface area contributed by atoms with Crippen LogP contribution >= 0.6 is 27.7 Å². The minimum absolute atomic E-state index is 0.223. The molecule has 1 aromatic carbocycles. The lowest BCUT2D eigenvalue weighted by atomic mass is 9.99. The van der Waals surface area contributed by atoms with Crippen molar-refractivity contribution in [2.75, 3.05) is 0 Å². The van der Waals surface area contributed by atoms with Gasteiger partial charge in [-0.2, -0.15) is 0 Å². The molecule has 0 saturated carbocycles. The van der Waals surface area contributed by atoms with E-state index < -0.39 is 5.97 Å². The largest absolute Gasteiger partial charge is 0.480 e. The van der Waals surface area contributed by atoms with Gasteiger partial charge in [0.2, 0.25) is 0 Å². The molecule has 0 fully saturated rings. The Kier molecular flexibility index (Phi) is 6.06. The van der Waals surface area contributed by atoms with Gasteiger partial charge in [0.1, 0.15) is 5.25 Å². The van der Waals surface area contributed by atoms with Crippen LogP contribution in [-0.4, -0.2) is 16.3 Å². The number of rotatable bonds is 6. The molecule has 1 rings (SSSR count). The van der Waals surface area contributed by atoms with Gasteiger partial charge in [0, 0.05) is 9.37 Å². The van der Waals surface area contributed by atoms with Crippen LogP contribution in [0.1, 0.15) is 26.7 Å². The Hall–Kier alpha value is -0.480. The van der Waals surface area contributed by atoms with Crippen LogP contribution < -0.4 is 0 Å². The molecule has 1 aromatic rings.